The highest BCUT2D eigenvalue weighted by molar-refractivity contribution is 5.77. The molecule has 2 fully saturated rings. The summed E-state index contributed by atoms with van der Waals surface area (Å²) in [6.45, 7) is 3.67. The first-order valence-corrected chi connectivity index (χ1v) is 7.22. The summed E-state index contributed by atoms with van der Waals surface area (Å²) in [4.78, 5) is 14.5. The van der Waals surface area contributed by atoms with Gasteiger partial charge >= 0.3 is 0 Å². The van der Waals surface area contributed by atoms with E-state index < -0.39 is 0 Å². The maximum absolute atomic E-state index is 12.3. The molecule has 98 valence electrons. The van der Waals surface area contributed by atoms with Crippen LogP contribution < -0.4 is 5.73 Å². The molecule has 0 aromatic carbocycles. The highest BCUT2D eigenvalue weighted by atomic mass is 16.2. The van der Waals surface area contributed by atoms with Crippen molar-refractivity contribution in [3.05, 3.63) is 0 Å². The first kappa shape index (κ1) is 12.9. The summed E-state index contributed by atoms with van der Waals surface area (Å²) >= 11 is 0. The van der Waals surface area contributed by atoms with Gasteiger partial charge in [-0.3, -0.25) is 4.79 Å². The van der Waals surface area contributed by atoms with Crippen molar-refractivity contribution in [3.63, 3.8) is 0 Å². The smallest absolute Gasteiger partial charge is 0.223 e. The molecule has 1 saturated carbocycles. The normalized spacial score (nSPS) is 30.8. The Balaban J connectivity index is 1.95. The zero-order chi connectivity index (χ0) is 12.3. The standard InChI is InChI=1S/C14H26N2O/c1-11(10-15)9-14(17)16-8-4-6-12-5-2-3-7-13(12)16/h11-13H,2-10,15H2,1H3. The third-order valence-electron chi connectivity index (χ3n) is 4.49. The van der Waals surface area contributed by atoms with Gasteiger partial charge in [-0.25, -0.2) is 0 Å². The highest BCUT2D eigenvalue weighted by Gasteiger charge is 2.35. The van der Waals surface area contributed by atoms with Crippen LogP contribution in [-0.4, -0.2) is 29.9 Å². The third kappa shape index (κ3) is 3.01. The fourth-order valence-electron chi connectivity index (χ4n) is 3.43. The monoisotopic (exact) mass is 238 g/mol. The lowest BCUT2D eigenvalue weighted by atomic mass is 9.78. The zero-order valence-corrected chi connectivity index (χ0v) is 11.0. The van der Waals surface area contributed by atoms with Crippen LogP contribution in [0.4, 0.5) is 0 Å². The molecule has 3 unspecified atom stereocenters. The van der Waals surface area contributed by atoms with E-state index >= 15 is 0 Å². The average Bonchev–Trinajstić information content (AvgIpc) is 2.37. The van der Waals surface area contributed by atoms with Crippen molar-refractivity contribution >= 4 is 5.91 Å². The molecule has 0 aromatic heterocycles. The van der Waals surface area contributed by atoms with Crippen molar-refractivity contribution in [1.29, 1.82) is 0 Å². The summed E-state index contributed by atoms with van der Waals surface area (Å²) in [5, 5.41) is 0. The molecule has 2 N–H and O–H groups in total. The van der Waals surface area contributed by atoms with Crippen LogP contribution in [0.2, 0.25) is 0 Å². The van der Waals surface area contributed by atoms with Crippen molar-refractivity contribution < 1.29 is 4.79 Å². The Labute approximate surface area is 105 Å². The predicted molar refractivity (Wildman–Crippen MR) is 69.5 cm³/mol. The molecule has 3 heteroatoms. The van der Waals surface area contributed by atoms with Gasteiger partial charge in [0.2, 0.25) is 5.91 Å². The number of carbonyl (C=O) groups is 1. The van der Waals surface area contributed by atoms with E-state index in [4.69, 9.17) is 5.73 Å². The van der Waals surface area contributed by atoms with Crippen LogP contribution in [0.25, 0.3) is 0 Å². The van der Waals surface area contributed by atoms with Gasteiger partial charge in [-0.1, -0.05) is 19.8 Å². The minimum Gasteiger partial charge on any atom is -0.339 e. The summed E-state index contributed by atoms with van der Waals surface area (Å²) in [6, 6.07) is 0.551. The van der Waals surface area contributed by atoms with E-state index in [-0.39, 0.29) is 0 Å². The summed E-state index contributed by atoms with van der Waals surface area (Å²) in [6.07, 6.45) is 8.40. The Morgan fingerprint density at radius 2 is 2.00 bits per heavy atom. The second kappa shape index (κ2) is 5.85. The van der Waals surface area contributed by atoms with E-state index in [1.807, 2.05) is 0 Å². The van der Waals surface area contributed by atoms with Gasteiger partial charge in [0, 0.05) is 19.0 Å². The van der Waals surface area contributed by atoms with Gasteiger partial charge < -0.3 is 10.6 Å². The van der Waals surface area contributed by atoms with E-state index in [1.165, 1.54) is 38.5 Å². The molecule has 0 aromatic rings. The molecule has 3 atom stereocenters. The van der Waals surface area contributed by atoms with Gasteiger partial charge in [0.1, 0.15) is 0 Å². The van der Waals surface area contributed by atoms with Crippen molar-refractivity contribution in [2.75, 3.05) is 13.1 Å². The van der Waals surface area contributed by atoms with Crippen LogP contribution in [0.1, 0.15) is 51.9 Å². The fraction of sp³-hybridized carbons (Fsp3) is 0.929. The Hall–Kier alpha value is -0.570. The maximum atomic E-state index is 12.3. The van der Waals surface area contributed by atoms with E-state index in [0.29, 0.717) is 30.8 Å². The number of carbonyl (C=O) groups excluding carboxylic acids is 1. The molecule has 2 rings (SSSR count). The number of piperidine rings is 1. The van der Waals surface area contributed by atoms with Gasteiger partial charge in [0.05, 0.1) is 0 Å². The van der Waals surface area contributed by atoms with Crippen LogP contribution in [-0.2, 0) is 4.79 Å². The van der Waals surface area contributed by atoms with Gasteiger partial charge in [0.25, 0.3) is 0 Å². The number of nitrogens with zero attached hydrogens (tertiary/aromatic N) is 1. The second-order valence-electron chi connectivity index (χ2n) is 5.89. The van der Waals surface area contributed by atoms with Crippen LogP contribution in [0.3, 0.4) is 0 Å². The first-order valence-electron chi connectivity index (χ1n) is 7.22. The third-order valence-corrected chi connectivity index (χ3v) is 4.49. The minimum atomic E-state index is 0.325. The van der Waals surface area contributed by atoms with Crippen molar-refractivity contribution in [3.8, 4) is 0 Å². The van der Waals surface area contributed by atoms with Gasteiger partial charge in [-0.15, -0.1) is 0 Å². The zero-order valence-electron chi connectivity index (χ0n) is 11.0. The van der Waals surface area contributed by atoms with Crippen LogP contribution in [0, 0.1) is 11.8 Å². The number of likely N-dealkylation sites (tertiary alicyclic amines) is 1. The fourth-order valence-corrected chi connectivity index (χ4v) is 3.43. The quantitative estimate of drug-likeness (QED) is 0.819. The molecule has 1 saturated heterocycles. The van der Waals surface area contributed by atoms with E-state index in [0.717, 1.165) is 12.5 Å². The van der Waals surface area contributed by atoms with E-state index in [9.17, 15) is 4.79 Å². The summed E-state index contributed by atoms with van der Waals surface area (Å²) in [5.74, 6) is 1.46. The van der Waals surface area contributed by atoms with Crippen LogP contribution in [0.5, 0.6) is 0 Å². The summed E-state index contributed by atoms with van der Waals surface area (Å²) in [7, 11) is 0. The van der Waals surface area contributed by atoms with E-state index in [1.54, 1.807) is 0 Å². The molecule has 0 spiro atoms. The van der Waals surface area contributed by atoms with Crippen molar-refractivity contribution in [1.82, 2.24) is 4.90 Å². The number of nitrogens with two attached hydrogens (primary N) is 1. The van der Waals surface area contributed by atoms with Gasteiger partial charge in [-0.05, 0) is 44.1 Å². The molecule has 0 radical (unpaired) electrons. The number of rotatable bonds is 3. The lowest BCUT2D eigenvalue weighted by Gasteiger charge is -2.44. The Bertz CT molecular complexity index is 265. The minimum absolute atomic E-state index is 0.325. The van der Waals surface area contributed by atoms with Crippen LogP contribution >= 0.6 is 0 Å². The lowest BCUT2D eigenvalue weighted by Crippen LogP contribution is -2.50. The summed E-state index contributed by atoms with van der Waals surface area (Å²) < 4.78 is 0. The topological polar surface area (TPSA) is 46.3 Å². The van der Waals surface area contributed by atoms with Gasteiger partial charge in [-0.2, -0.15) is 0 Å². The highest BCUT2D eigenvalue weighted by Crippen LogP contribution is 2.35. The lowest BCUT2D eigenvalue weighted by molar-refractivity contribution is -0.138. The first-order chi connectivity index (χ1) is 8.22. The molecule has 1 amide bonds. The van der Waals surface area contributed by atoms with Crippen molar-refractivity contribution in [2.24, 2.45) is 17.6 Å². The molecular weight excluding hydrogens is 212 g/mol. The molecule has 17 heavy (non-hydrogen) atoms. The van der Waals surface area contributed by atoms with Gasteiger partial charge in [0.15, 0.2) is 0 Å². The Morgan fingerprint density at radius 3 is 2.76 bits per heavy atom. The largest absolute Gasteiger partial charge is 0.339 e. The number of hydrogen-bond donors (Lipinski definition) is 1. The molecule has 0 bridgehead atoms. The molecule has 1 heterocycles. The maximum Gasteiger partial charge on any atom is 0.223 e. The Kier molecular flexibility index (Phi) is 4.43. The van der Waals surface area contributed by atoms with E-state index in [2.05, 4.69) is 11.8 Å². The number of amides is 1. The number of fused-ring (bicyclic) bond motifs is 1. The molecule has 1 aliphatic heterocycles. The Morgan fingerprint density at radius 1 is 1.29 bits per heavy atom. The molecule has 1 aliphatic carbocycles. The van der Waals surface area contributed by atoms with Crippen LogP contribution in [0.15, 0.2) is 0 Å². The summed E-state index contributed by atoms with van der Waals surface area (Å²) in [5.41, 5.74) is 5.61. The second-order valence-corrected chi connectivity index (χ2v) is 5.89. The number of hydrogen-bond acceptors (Lipinski definition) is 2. The van der Waals surface area contributed by atoms with Crippen molar-refractivity contribution in [2.45, 2.75) is 57.9 Å². The molecule has 2 aliphatic rings. The molecular formula is C14H26N2O. The predicted octanol–water partition coefficient (Wildman–Crippen LogP) is 2.15. The SMILES string of the molecule is CC(CN)CC(=O)N1CCCC2CCCCC21. The average molecular weight is 238 g/mol. The molecule has 3 nitrogen and oxygen atoms in total.